The first kappa shape index (κ1) is 30.2. The van der Waals surface area contributed by atoms with Crippen LogP contribution in [0.25, 0.3) is 0 Å². The Hall–Kier alpha value is -3.99. The lowest BCUT2D eigenvalue weighted by molar-refractivity contribution is -0.135. The molecule has 2 aromatic rings. The average molecular weight is 525 g/mol. The highest BCUT2D eigenvalue weighted by Gasteiger charge is 2.21. The van der Waals surface area contributed by atoms with Gasteiger partial charge in [-0.2, -0.15) is 0 Å². The molecule has 11 nitrogen and oxygen atoms in total. The van der Waals surface area contributed by atoms with Gasteiger partial charge in [-0.15, -0.1) is 0 Å². The van der Waals surface area contributed by atoms with Crippen molar-refractivity contribution in [3.63, 3.8) is 0 Å². The normalized spacial score (nSPS) is 11.9. The van der Waals surface area contributed by atoms with Crippen molar-refractivity contribution in [2.75, 3.05) is 37.8 Å². The number of hydrogen-bond acceptors (Lipinski definition) is 8. The van der Waals surface area contributed by atoms with Gasteiger partial charge in [0.2, 0.25) is 11.8 Å². The lowest BCUT2D eigenvalue weighted by atomic mass is 10.1. The number of nitrogens with two attached hydrogens (primary N) is 1. The van der Waals surface area contributed by atoms with E-state index in [1.54, 1.807) is 27.1 Å². The molecule has 0 radical (unpaired) electrons. The Balaban J connectivity index is 2.07. The highest BCUT2D eigenvalue weighted by molar-refractivity contribution is 5.96. The monoisotopic (exact) mass is 524 g/mol. The minimum Gasteiger partial charge on any atom is -0.366 e. The van der Waals surface area contributed by atoms with E-state index in [0.29, 0.717) is 43.1 Å². The zero-order chi connectivity index (χ0) is 28.2. The van der Waals surface area contributed by atoms with Crippen molar-refractivity contribution in [2.45, 2.75) is 52.6 Å². The fourth-order valence-corrected chi connectivity index (χ4v) is 3.55. The van der Waals surface area contributed by atoms with Crippen molar-refractivity contribution in [3.05, 3.63) is 53.4 Å². The fraction of sp³-hybridized carbons (Fsp3) is 0.444. The summed E-state index contributed by atoms with van der Waals surface area (Å²) in [6.45, 7) is 8.59. The molecule has 38 heavy (non-hydrogen) atoms. The average Bonchev–Trinajstić information content (AvgIpc) is 2.87. The minimum atomic E-state index is -0.667. The number of aryl methyl sites for hydroxylation is 1. The van der Waals surface area contributed by atoms with E-state index in [1.165, 1.54) is 11.0 Å². The van der Waals surface area contributed by atoms with E-state index < -0.39 is 11.9 Å². The van der Waals surface area contributed by atoms with Gasteiger partial charge in [-0.05, 0) is 58.4 Å². The van der Waals surface area contributed by atoms with Crippen molar-refractivity contribution in [1.29, 1.82) is 0 Å². The second-order valence-corrected chi connectivity index (χ2v) is 9.18. The van der Waals surface area contributed by atoms with E-state index in [4.69, 9.17) is 5.73 Å². The Morgan fingerprint density at radius 1 is 1.13 bits per heavy atom. The molecule has 11 heteroatoms. The fourth-order valence-electron chi connectivity index (χ4n) is 3.55. The summed E-state index contributed by atoms with van der Waals surface area (Å²) in [6.07, 6.45) is 4.32. The van der Waals surface area contributed by atoms with Gasteiger partial charge in [0.15, 0.2) is 11.5 Å². The smallest absolute Gasteiger partial charge is 0.271 e. The van der Waals surface area contributed by atoms with Crippen LogP contribution in [0.2, 0.25) is 0 Å². The molecular weight excluding hydrogens is 484 g/mol. The lowest BCUT2D eigenvalue weighted by Crippen LogP contribution is -2.45. The number of amides is 3. The second kappa shape index (κ2) is 14.7. The van der Waals surface area contributed by atoms with E-state index in [9.17, 15) is 14.4 Å². The predicted octanol–water partition coefficient (Wildman–Crippen LogP) is 1.98. The van der Waals surface area contributed by atoms with E-state index in [-0.39, 0.29) is 29.4 Å². The first-order chi connectivity index (χ1) is 18.1. The third-order valence-corrected chi connectivity index (χ3v) is 5.75. The van der Waals surface area contributed by atoms with Crippen LogP contribution in [0.5, 0.6) is 0 Å². The maximum absolute atomic E-state index is 12.6. The molecule has 1 aromatic heterocycles. The lowest BCUT2D eigenvalue weighted by Gasteiger charge is -2.23. The van der Waals surface area contributed by atoms with Crippen molar-refractivity contribution in [2.24, 2.45) is 5.73 Å². The highest BCUT2D eigenvalue weighted by atomic mass is 16.2. The molecule has 0 spiro atoms. The first-order valence-electron chi connectivity index (χ1n) is 12.8. The van der Waals surface area contributed by atoms with Crippen LogP contribution in [0.15, 0.2) is 36.4 Å². The van der Waals surface area contributed by atoms with Crippen LogP contribution in [0, 0.1) is 0 Å². The molecule has 1 unspecified atom stereocenters. The van der Waals surface area contributed by atoms with Crippen molar-refractivity contribution < 1.29 is 14.4 Å². The van der Waals surface area contributed by atoms with Gasteiger partial charge in [-0.25, -0.2) is 9.97 Å². The van der Waals surface area contributed by atoms with Crippen LogP contribution in [0.1, 0.15) is 49.4 Å². The van der Waals surface area contributed by atoms with Crippen LogP contribution in [-0.4, -0.2) is 71.9 Å². The van der Waals surface area contributed by atoms with Gasteiger partial charge in [-0.1, -0.05) is 25.1 Å². The molecule has 206 valence electrons. The number of carbonyl (C=O) groups is 3. The number of likely N-dealkylation sites (N-methyl/N-ethyl adjacent to an activating group) is 2. The largest absolute Gasteiger partial charge is 0.366 e. The summed E-state index contributed by atoms with van der Waals surface area (Å²) in [5.41, 5.74) is 7.99. The van der Waals surface area contributed by atoms with Crippen molar-refractivity contribution in [1.82, 2.24) is 25.5 Å². The summed E-state index contributed by atoms with van der Waals surface area (Å²) in [4.78, 5) is 47.3. The van der Waals surface area contributed by atoms with Crippen molar-refractivity contribution >= 4 is 35.0 Å². The van der Waals surface area contributed by atoms with Gasteiger partial charge in [0.1, 0.15) is 11.9 Å². The molecule has 0 aliphatic heterocycles. The van der Waals surface area contributed by atoms with Crippen LogP contribution in [-0.2, 0) is 22.4 Å². The third kappa shape index (κ3) is 8.84. The summed E-state index contributed by atoms with van der Waals surface area (Å²) in [7, 11) is 3.39. The van der Waals surface area contributed by atoms with E-state index in [1.807, 2.05) is 45.0 Å². The topological polar surface area (TPSA) is 154 Å². The van der Waals surface area contributed by atoms with E-state index in [2.05, 4.69) is 31.2 Å². The maximum atomic E-state index is 12.6. The molecule has 0 bridgehead atoms. The number of nitrogens with zero attached hydrogens (tertiary/aromatic N) is 3. The first-order valence-corrected chi connectivity index (χ1v) is 12.8. The summed E-state index contributed by atoms with van der Waals surface area (Å²) >= 11 is 0. The van der Waals surface area contributed by atoms with Gasteiger partial charge in [0, 0.05) is 37.9 Å². The van der Waals surface area contributed by atoms with Crippen LogP contribution in [0.4, 0.5) is 17.3 Å². The molecule has 6 N–H and O–H groups in total. The second-order valence-electron chi connectivity index (χ2n) is 9.18. The molecule has 2 rings (SSSR count). The summed E-state index contributed by atoms with van der Waals surface area (Å²) < 4.78 is 0. The summed E-state index contributed by atoms with van der Waals surface area (Å²) in [6, 6.07) is 7.10. The van der Waals surface area contributed by atoms with Crippen LogP contribution >= 0.6 is 0 Å². The number of primary amides is 1. The quantitative estimate of drug-likeness (QED) is 0.235. The Morgan fingerprint density at radius 3 is 2.50 bits per heavy atom. The molecule has 0 saturated carbocycles. The molecule has 3 amide bonds. The van der Waals surface area contributed by atoms with Crippen molar-refractivity contribution in [3.8, 4) is 0 Å². The SMILES string of the molecule is CCc1nc(C(N)=O)c(Nc2cccc(CCNC(=O)C(C)N(C)C(=O)/C=C/CNC)c2)nc1NC(C)C. The number of anilines is 3. The van der Waals surface area contributed by atoms with E-state index >= 15 is 0 Å². The number of hydrogen-bond donors (Lipinski definition) is 5. The standard InChI is InChI=1S/C27H40N8O3/c1-7-21-25(31-17(2)3)34-26(23(33-21)24(28)37)32-20-11-8-10-19(16-20)13-15-30-27(38)18(4)35(6)22(36)12-9-14-29-5/h8-12,16-18,29H,7,13-15H2,1-6H3,(H2,28,37)(H,30,38)(H2,31,32,34)/b12-9+. The molecule has 0 aliphatic rings. The van der Waals surface area contributed by atoms with Crippen LogP contribution in [0.3, 0.4) is 0 Å². The molecule has 0 saturated heterocycles. The number of aromatic nitrogens is 2. The molecule has 0 fully saturated rings. The molecule has 1 atom stereocenters. The molecule has 1 heterocycles. The Kier molecular flexibility index (Phi) is 11.7. The highest BCUT2D eigenvalue weighted by Crippen LogP contribution is 2.23. The zero-order valence-corrected chi connectivity index (χ0v) is 23.1. The third-order valence-electron chi connectivity index (χ3n) is 5.75. The van der Waals surface area contributed by atoms with E-state index in [0.717, 1.165) is 5.56 Å². The number of rotatable bonds is 14. The van der Waals surface area contributed by atoms with Gasteiger partial charge < -0.3 is 31.9 Å². The Labute approximate surface area is 224 Å². The summed E-state index contributed by atoms with van der Waals surface area (Å²) in [5.74, 6) is -0.268. The zero-order valence-electron chi connectivity index (χ0n) is 23.1. The number of nitrogens with one attached hydrogen (secondary N) is 4. The summed E-state index contributed by atoms with van der Waals surface area (Å²) in [5, 5.41) is 12.2. The van der Waals surface area contributed by atoms with Gasteiger partial charge >= 0.3 is 0 Å². The van der Waals surface area contributed by atoms with Crippen LogP contribution < -0.4 is 27.0 Å². The maximum Gasteiger partial charge on any atom is 0.271 e. The van der Waals surface area contributed by atoms with Gasteiger partial charge in [0.25, 0.3) is 5.91 Å². The Morgan fingerprint density at radius 2 is 1.87 bits per heavy atom. The molecule has 1 aromatic carbocycles. The van der Waals surface area contributed by atoms with Gasteiger partial charge in [-0.3, -0.25) is 14.4 Å². The predicted molar refractivity (Wildman–Crippen MR) is 150 cm³/mol. The minimum absolute atomic E-state index is 0.0716. The van der Waals surface area contributed by atoms with Gasteiger partial charge in [0.05, 0.1) is 5.69 Å². The molecular formula is C27H40N8O3. The molecule has 0 aliphatic carbocycles. The Bertz CT molecular complexity index is 1150. The number of benzene rings is 1. The number of carbonyl (C=O) groups excluding carboxylic acids is 3.